The number of quaternary nitrogens is 1. The molecule has 0 saturated carbocycles. The normalized spacial score (nSPS) is 40.0. The number of aliphatic hydroxyl groups excluding tert-OH is 3. The van der Waals surface area contributed by atoms with Gasteiger partial charge in [-0.2, -0.15) is 4.48 Å². The molecule has 13 heteroatoms. The smallest absolute Gasteiger partial charge is 0.432 e. The first kappa shape index (κ1) is 23.2. The number of amides is 3. The number of rotatable bonds is 6. The Morgan fingerprint density at radius 3 is 2.45 bits per heavy atom. The fourth-order valence-corrected chi connectivity index (χ4v) is 3.98. The molecule has 3 rings (SSSR count). The summed E-state index contributed by atoms with van der Waals surface area (Å²) in [6, 6.07) is -0.915. The van der Waals surface area contributed by atoms with Crippen molar-refractivity contribution in [1.82, 2.24) is 5.32 Å². The van der Waals surface area contributed by atoms with Gasteiger partial charge in [0.25, 0.3) is 5.91 Å². The highest BCUT2D eigenvalue weighted by Crippen LogP contribution is 2.40. The molecule has 0 bridgehead atoms. The molecule has 2 fully saturated rings. The van der Waals surface area contributed by atoms with Gasteiger partial charge in [0.15, 0.2) is 12.2 Å². The summed E-state index contributed by atoms with van der Waals surface area (Å²) in [4.78, 5) is 47.5. The van der Waals surface area contributed by atoms with Crippen molar-refractivity contribution >= 4 is 23.9 Å². The van der Waals surface area contributed by atoms with E-state index >= 15 is 0 Å². The van der Waals surface area contributed by atoms with Gasteiger partial charge in [0.1, 0.15) is 25.0 Å². The lowest BCUT2D eigenvalue weighted by molar-refractivity contribution is -0.901. The van der Waals surface area contributed by atoms with Crippen LogP contribution in [0.25, 0.3) is 0 Å². The van der Waals surface area contributed by atoms with Crippen LogP contribution in [-0.2, 0) is 33.3 Å². The number of carbonyl (C=O) groups is 4. The van der Waals surface area contributed by atoms with Gasteiger partial charge in [-0.25, -0.2) is 10.1 Å². The molecule has 31 heavy (non-hydrogen) atoms. The van der Waals surface area contributed by atoms with Crippen molar-refractivity contribution in [2.24, 2.45) is 0 Å². The number of carbonyl (C=O) groups excluding carboxylic acids is 4. The number of nitrogens with zero attached hydrogens (tertiary/aromatic N) is 1. The SMILES string of the molecule is CC(=O)OC[C@H]1O[C@H]([N+]2([C@H]3C[C@H](O)[C@@H](CO)O3)C=CC(=O)NC2=O)[C@H](O)[C@@H]1OC(C)=O. The van der Waals surface area contributed by atoms with Crippen molar-refractivity contribution in [1.29, 1.82) is 0 Å². The molecule has 3 amide bonds. The van der Waals surface area contributed by atoms with E-state index < -0.39 is 77.9 Å². The first-order valence-corrected chi connectivity index (χ1v) is 9.61. The molecule has 8 atom stereocenters. The van der Waals surface area contributed by atoms with E-state index in [9.17, 15) is 34.5 Å². The summed E-state index contributed by atoms with van der Waals surface area (Å²) in [7, 11) is 0. The zero-order chi connectivity index (χ0) is 22.9. The molecule has 0 aromatic carbocycles. The van der Waals surface area contributed by atoms with E-state index in [1.165, 1.54) is 0 Å². The monoisotopic (exact) mass is 445 g/mol. The third-order valence-corrected chi connectivity index (χ3v) is 5.40. The van der Waals surface area contributed by atoms with Crippen LogP contribution >= 0.6 is 0 Å². The summed E-state index contributed by atoms with van der Waals surface area (Å²) in [5, 5.41) is 32.7. The fourth-order valence-electron chi connectivity index (χ4n) is 3.98. The number of urea groups is 1. The molecule has 172 valence electrons. The second kappa shape index (κ2) is 8.98. The number of imide groups is 1. The average Bonchev–Trinajstić information content (AvgIpc) is 3.21. The minimum Gasteiger partial charge on any atom is -0.463 e. The predicted molar refractivity (Wildman–Crippen MR) is 96.2 cm³/mol. The molecule has 0 aliphatic carbocycles. The van der Waals surface area contributed by atoms with E-state index in [0.717, 1.165) is 26.1 Å². The lowest BCUT2D eigenvalue weighted by atomic mass is 10.1. The summed E-state index contributed by atoms with van der Waals surface area (Å²) in [6.45, 7) is 1.37. The second-order valence-corrected chi connectivity index (χ2v) is 7.49. The minimum atomic E-state index is -1.60. The molecular weight excluding hydrogens is 420 g/mol. The number of nitrogens with one attached hydrogen (secondary N) is 1. The average molecular weight is 445 g/mol. The van der Waals surface area contributed by atoms with Crippen LogP contribution in [0.15, 0.2) is 12.3 Å². The van der Waals surface area contributed by atoms with E-state index in [1.807, 2.05) is 0 Å². The Morgan fingerprint density at radius 2 is 1.90 bits per heavy atom. The molecule has 0 spiro atoms. The van der Waals surface area contributed by atoms with Gasteiger partial charge in [0.05, 0.1) is 25.2 Å². The minimum absolute atomic E-state index is 0.128. The highest BCUT2D eigenvalue weighted by atomic mass is 16.6. The Bertz CT molecular complexity index is 786. The summed E-state index contributed by atoms with van der Waals surface area (Å²) in [6.07, 6.45) is -6.67. The topological polar surface area (TPSA) is 178 Å². The van der Waals surface area contributed by atoms with Crippen molar-refractivity contribution in [2.75, 3.05) is 13.2 Å². The highest BCUT2D eigenvalue weighted by molar-refractivity contribution is 6.00. The molecule has 4 N–H and O–H groups in total. The van der Waals surface area contributed by atoms with Crippen LogP contribution in [0.3, 0.4) is 0 Å². The van der Waals surface area contributed by atoms with Crippen molar-refractivity contribution in [3.8, 4) is 0 Å². The number of hydrogen-bond donors (Lipinski definition) is 4. The maximum absolute atomic E-state index is 13.0. The van der Waals surface area contributed by atoms with Crippen LogP contribution in [0.5, 0.6) is 0 Å². The first-order valence-electron chi connectivity index (χ1n) is 9.61. The third-order valence-electron chi connectivity index (χ3n) is 5.40. The number of ether oxygens (including phenoxy) is 4. The van der Waals surface area contributed by atoms with Gasteiger partial charge < -0.3 is 34.3 Å². The van der Waals surface area contributed by atoms with Gasteiger partial charge in [-0.15, -0.1) is 0 Å². The van der Waals surface area contributed by atoms with Gasteiger partial charge in [0, 0.05) is 13.8 Å². The first-order chi connectivity index (χ1) is 14.6. The fraction of sp³-hybridized carbons (Fsp3) is 0.667. The van der Waals surface area contributed by atoms with Gasteiger partial charge >= 0.3 is 18.0 Å². The van der Waals surface area contributed by atoms with Crippen LogP contribution in [0.4, 0.5) is 4.79 Å². The summed E-state index contributed by atoms with van der Waals surface area (Å²) in [5.74, 6) is -2.09. The Labute approximate surface area is 176 Å². The van der Waals surface area contributed by atoms with E-state index in [0.29, 0.717) is 0 Å². The van der Waals surface area contributed by atoms with E-state index in [4.69, 9.17) is 18.9 Å². The maximum atomic E-state index is 13.0. The molecule has 0 radical (unpaired) electrons. The van der Waals surface area contributed by atoms with Crippen LogP contribution in [0.2, 0.25) is 0 Å². The summed E-state index contributed by atoms with van der Waals surface area (Å²) in [5.41, 5.74) is 0. The van der Waals surface area contributed by atoms with Crippen LogP contribution < -0.4 is 5.32 Å². The Balaban J connectivity index is 1.99. The van der Waals surface area contributed by atoms with Crippen molar-refractivity contribution in [2.45, 2.75) is 63.2 Å². The Hall–Kier alpha value is -2.42. The zero-order valence-corrected chi connectivity index (χ0v) is 16.9. The molecule has 0 aromatic heterocycles. The van der Waals surface area contributed by atoms with Crippen molar-refractivity contribution in [3.05, 3.63) is 12.3 Å². The number of aliphatic hydroxyl groups is 3. The highest BCUT2D eigenvalue weighted by Gasteiger charge is 2.65. The molecule has 3 heterocycles. The zero-order valence-electron chi connectivity index (χ0n) is 16.9. The maximum Gasteiger partial charge on any atom is 0.432 e. The lowest BCUT2D eigenvalue weighted by Gasteiger charge is -2.42. The molecule has 1 unspecified atom stereocenters. The molecule has 3 aliphatic rings. The number of esters is 2. The van der Waals surface area contributed by atoms with Crippen molar-refractivity contribution < 1.29 is 57.9 Å². The molecule has 13 nitrogen and oxygen atoms in total. The molecule has 2 saturated heterocycles. The standard InChI is InChI=1S/C18H24N2O11/c1-8(22)28-7-12-16(29-9(2)23)15(26)17(31-12)20(4-3-13(25)19-18(20)27)14-5-10(24)11(6-21)30-14/h3-4,10-12,14-17,21,24,26H,5-7H2,1-2H3/p+1/t10-,11+,12+,14+,15+,16+,17-,20?/m0/s1. The molecule has 0 aromatic rings. The van der Waals surface area contributed by atoms with Gasteiger partial charge in [-0.3, -0.25) is 14.4 Å². The lowest BCUT2D eigenvalue weighted by Crippen LogP contribution is -2.69. The Kier molecular flexibility index (Phi) is 6.73. The molecule has 3 aliphatic heterocycles. The Morgan fingerprint density at radius 1 is 1.19 bits per heavy atom. The number of hydrogen-bond acceptors (Lipinski definition) is 11. The van der Waals surface area contributed by atoms with Crippen LogP contribution in [-0.4, -0.2) is 99.9 Å². The quantitative estimate of drug-likeness (QED) is 0.253. The van der Waals surface area contributed by atoms with E-state index in [-0.39, 0.29) is 13.0 Å². The van der Waals surface area contributed by atoms with Crippen molar-refractivity contribution in [3.63, 3.8) is 0 Å². The van der Waals surface area contributed by atoms with Crippen LogP contribution in [0.1, 0.15) is 20.3 Å². The van der Waals surface area contributed by atoms with E-state index in [2.05, 4.69) is 5.32 Å². The third kappa shape index (κ3) is 4.33. The predicted octanol–water partition coefficient (Wildman–Crippen LogP) is -2.38. The largest absolute Gasteiger partial charge is 0.463 e. The summed E-state index contributed by atoms with van der Waals surface area (Å²) < 4.78 is 20.6. The second-order valence-electron chi connectivity index (χ2n) is 7.49. The van der Waals surface area contributed by atoms with Gasteiger partial charge in [-0.05, 0) is 0 Å². The van der Waals surface area contributed by atoms with Crippen LogP contribution in [0, 0.1) is 0 Å². The van der Waals surface area contributed by atoms with E-state index in [1.54, 1.807) is 0 Å². The van der Waals surface area contributed by atoms with Gasteiger partial charge in [0.2, 0.25) is 12.5 Å². The summed E-state index contributed by atoms with van der Waals surface area (Å²) >= 11 is 0. The van der Waals surface area contributed by atoms with Gasteiger partial charge in [-0.1, -0.05) is 0 Å². The molecular formula is C18H25N2O11+.